The largest absolute Gasteiger partial charge is 0.294 e. The second kappa shape index (κ2) is 3.46. The van der Waals surface area contributed by atoms with Crippen molar-refractivity contribution in [2.45, 2.75) is 13.3 Å². The lowest BCUT2D eigenvalue weighted by atomic mass is 10.3. The van der Waals surface area contributed by atoms with E-state index in [0.717, 1.165) is 17.0 Å². The molecule has 0 unspecified atom stereocenters. The van der Waals surface area contributed by atoms with Gasteiger partial charge in [-0.15, -0.1) is 11.3 Å². The van der Waals surface area contributed by atoms with E-state index >= 15 is 0 Å². The van der Waals surface area contributed by atoms with Gasteiger partial charge in [0.15, 0.2) is 0 Å². The lowest BCUT2D eigenvalue weighted by Crippen LogP contribution is -2.09. The zero-order chi connectivity index (χ0) is 10.1. The average molecular weight is 208 g/mol. The molecule has 4 heteroatoms. The molecule has 0 atom stereocenters. The van der Waals surface area contributed by atoms with E-state index in [1.54, 1.807) is 24.5 Å². The van der Waals surface area contributed by atoms with Crippen LogP contribution in [0.15, 0.2) is 23.0 Å². The molecule has 0 aliphatic carbocycles. The normalized spacial score (nSPS) is 10.7. The molecule has 0 amide bonds. The van der Waals surface area contributed by atoms with Crippen molar-refractivity contribution in [1.82, 2.24) is 9.78 Å². The van der Waals surface area contributed by atoms with Crippen LogP contribution in [0.2, 0.25) is 0 Å². The highest BCUT2D eigenvalue weighted by Crippen LogP contribution is 2.25. The van der Waals surface area contributed by atoms with Crippen molar-refractivity contribution < 1.29 is 0 Å². The van der Waals surface area contributed by atoms with Gasteiger partial charge in [-0.25, -0.2) is 0 Å². The van der Waals surface area contributed by atoms with Gasteiger partial charge in [0.25, 0.3) is 5.56 Å². The molecule has 2 aromatic heterocycles. The smallest absolute Gasteiger partial charge is 0.266 e. The maximum absolute atomic E-state index is 11.2. The van der Waals surface area contributed by atoms with Crippen molar-refractivity contribution in [3.05, 3.63) is 33.4 Å². The Hall–Kier alpha value is -1.29. The number of thiophene rings is 1. The number of hydrogen-bond acceptors (Lipinski definition) is 2. The molecular formula is C10H12N2OS. The van der Waals surface area contributed by atoms with Crippen LogP contribution in [0.4, 0.5) is 0 Å². The quantitative estimate of drug-likeness (QED) is 0.805. The van der Waals surface area contributed by atoms with E-state index in [9.17, 15) is 4.79 Å². The molecule has 0 saturated carbocycles. The molecule has 3 nitrogen and oxygen atoms in total. The molecule has 0 saturated heterocycles. The van der Waals surface area contributed by atoms with Crippen molar-refractivity contribution in [3.8, 4) is 10.6 Å². The van der Waals surface area contributed by atoms with E-state index < -0.39 is 0 Å². The van der Waals surface area contributed by atoms with E-state index in [4.69, 9.17) is 0 Å². The lowest BCUT2D eigenvalue weighted by molar-refractivity contribution is 0.743. The van der Waals surface area contributed by atoms with Gasteiger partial charge in [-0.2, -0.15) is 0 Å². The topological polar surface area (TPSA) is 37.8 Å². The minimum absolute atomic E-state index is 0.00597. The number of nitrogens with zero attached hydrogens (tertiary/aromatic N) is 1. The fourth-order valence-electron chi connectivity index (χ4n) is 1.33. The second-order valence-electron chi connectivity index (χ2n) is 3.19. The molecule has 0 aliphatic heterocycles. The van der Waals surface area contributed by atoms with Gasteiger partial charge >= 0.3 is 0 Å². The standard InChI is InChI=1S/C10H12N2OS/c1-3-7-4-5-9(14-7)8-6-10(13)12(2)11-8/h4-6,11H,3H2,1-2H3. The number of H-pyrrole nitrogens is 1. The molecule has 2 heterocycles. The Labute approximate surface area is 86.0 Å². The summed E-state index contributed by atoms with van der Waals surface area (Å²) in [6.07, 6.45) is 1.04. The zero-order valence-electron chi connectivity index (χ0n) is 8.20. The number of aromatic amines is 1. The van der Waals surface area contributed by atoms with Gasteiger partial charge in [-0.05, 0) is 18.6 Å². The van der Waals surface area contributed by atoms with Gasteiger partial charge in [0.2, 0.25) is 0 Å². The Kier molecular flexibility index (Phi) is 2.29. The van der Waals surface area contributed by atoms with Crippen LogP contribution >= 0.6 is 11.3 Å². The summed E-state index contributed by atoms with van der Waals surface area (Å²) < 4.78 is 1.49. The van der Waals surface area contributed by atoms with Crippen LogP contribution in [0.3, 0.4) is 0 Å². The third kappa shape index (κ3) is 1.53. The third-order valence-electron chi connectivity index (χ3n) is 2.16. The first-order valence-electron chi connectivity index (χ1n) is 4.56. The SMILES string of the molecule is CCc1ccc(-c2cc(=O)n(C)[nH]2)s1. The predicted octanol–water partition coefficient (Wildman–Crippen LogP) is 2.00. The van der Waals surface area contributed by atoms with Gasteiger partial charge in [-0.3, -0.25) is 14.6 Å². The van der Waals surface area contributed by atoms with E-state index in [1.807, 2.05) is 0 Å². The summed E-state index contributed by atoms with van der Waals surface area (Å²) in [5.74, 6) is 0. The van der Waals surface area contributed by atoms with Crippen LogP contribution < -0.4 is 5.56 Å². The van der Waals surface area contributed by atoms with Crippen LogP contribution in [0, 0.1) is 0 Å². The van der Waals surface area contributed by atoms with E-state index in [-0.39, 0.29) is 5.56 Å². The van der Waals surface area contributed by atoms with Gasteiger partial charge in [0.05, 0.1) is 10.6 Å². The fraction of sp³-hybridized carbons (Fsp3) is 0.300. The molecule has 2 aromatic rings. The molecule has 0 fully saturated rings. The van der Waals surface area contributed by atoms with Gasteiger partial charge in [0, 0.05) is 18.0 Å². The van der Waals surface area contributed by atoms with E-state index in [2.05, 4.69) is 24.2 Å². The average Bonchev–Trinajstić information content (AvgIpc) is 2.74. The van der Waals surface area contributed by atoms with Crippen LogP contribution in [-0.4, -0.2) is 9.78 Å². The highest BCUT2D eigenvalue weighted by atomic mass is 32.1. The molecule has 0 aromatic carbocycles. The Balaban J connectivity index is 2.44. The molecule has 0 aliphatic rings. The first-order valence-corrected chi connectivity index (χ1v) is 5.37. The van der Waals surface area contributed by atoms with Gasteiger partial charge < -0.3 is 0 Å². The minimum Gasteiger partial charge on any atom is -0.294 e. The minimum atomic E-state index is 0.00597. The molecule has 1 N–H and O–H groups in total. The van der Waals surface area contributed by atoms with Crippen LogP contribution in [0.1, 0.15) is 11.8 Å². The summed E-state index contributed by atoms with van der Waals surface area (Å²) in [5.41, 5.74) is 0.911. The lowest BCUT2D eigenvalue weighted by Gasteiger charge is -1.90. The summed E-state index contributed by atoms with van der Waals surface area (Å²) in [6.45, 7) is 2.13. The molecule has 2 rings (SSSR count). The molecule has 0 spiro atoms. The van der Waals surface area contributed by atoms with Crippen LogP contribution in [0.25, 0.3) is 10.6 Å². The van der Waals surface area contributed by atoms with Crippen LogP contribution in [0.5, 0.6) is 0 Å². The van der Waals surface area contributed by atoms with Crippen molar-refractivity contribution in [1.29, 1.82) is 0 Å². The fourth-order valence-corrected chi connectivity index (χ4v) is 2.24. The zero-order valence-corrected chi connectivity index (χ0v) is 9.02. The summed E-state index contributed by atoms with van der Waals surface area (Å²) >= 11 is 1.72. The van der Waals surface area contributed by atoms with E-state index in [1.165, 1.54) is 9.56 Å². The monoisotopic (exact) mass is 208 g/mol. The summed E-state index contributed by atoms with van der Waals surface area (Å²) in [6, 6.07) is 5.78. The van der Waals surface area contributed by atoms with Gasteiger partial charge in [-0.1, -0.05) is 6.92 Å². The Morgan fingerprint density at radius 3 is 2.79 bits per heavy atom. The molecule has 0 bridgehead atoms. The number of aromatic nitrogens is 2. The first-order chi connectivity index (χ1) is 6.70. The summed E-state index contributed by atoms with van der Waals surface area (Å²) in [4.78, 5) is 13.7. The van der Waals surface area contributed by atoms with Crippen molar-refractivity contribution in [2.75, 3.05) is 0 Å². The third-order valence-corrected chi connectivity index (χ3v) is 3.42. The second-order valence-corrected chi connectivity index (χ2v) is 4.35. The van der Waals surface area contributed by atoms with Crippen molar-refractivity contribution in [2.24, 2.45) is 7.05 Å². The maximum Gasteiger partial charge on any atom is 0.266 e. The molecule has 74 valence electrons. The molecule has 14 heavy (non-hydrogen) atoms. The Morgan fingerprint density at radius 1 is 1.50 bits per heavy atom. The van der Waals surface area contributed by atoms with Crippen LogP contribution in [-0.2, 0) is 13.5 Å². The molecule has 0 radical (unpaired) electrons. The number of aryl methyl sites for hydroxylation is 2. The highest BCUT2D eigenvalue weighted by Gasteiger charge is 2.05. The summed E-state index contributed by atoms with van der Waals surface area (Å²) in [7, 11) is 1.72. The van der Waals surface area contributed by atoms with Crippen molar-refractivity contribution in [3.63, 3.8) is 0 Å². The maximum atomic E-state index is 11.2. The van der Waals surface area contributed by atoms with Gasteiger partial charge in [0.1, 0.15) is 0 Å². The Morgan fingerprint density at radius 2 is 2.29 bits per heavy atom. The Bertz CT molecular complexity index is 492. The predicted molar refractivity (Wildman–Crippen MR) is 58.7 cm³/mol. The number of nitrogens with one attached hydrogen (secondary N) is 1. The molecular weight excluding hydrogens is 196 g/mol. The van der Waals surface area contributed by atoms with E-state index in [0.29, 0.717) is 0 Å². The van der Waals surface area contributed by atoms with Crippen molar-refractivity contribution >= 4 is 11.3 Å². The first kappa shape index (κ1) is 9.27. The summed E-state index contributed by atoms with van der Waals surface area (Å²) in [5, 5.41) is 3.01. The number of hydrogen-bond donors (Lipinski definition) is 1. The highest BCUT2D eigenvalue weighted by molar-refractivity contribution is 7.15. The number of rotatable bonds is 2.